The minimum Gasteiger partial charge on any atom is -0.481 e. The van der Waals surface area contributed by atoms with Crippen LogP contribution in [0.15, 0.2) is 0 Å². The monoisotopic (exact) mass is 230 g/mol. The molecule has 86 valence electrons. The molecule has 0 bridgehead atoms. The summed E-state index contributed by atoms with van der Waals surface area (Å²) in [6, 6.07) is 0. The fourth-order valence-corrected chi connectivity index (χ4v) is 3.80. The molecule has 0 aromatic heterocycles. The van der Waals surface area contributed by atoms with Gasteiger partial charge >= 0.3 is 5.97 Å². The number of carboxylic acid groups (broad SMARTS) is 1. The van der Waals surface area contributed by atoms with Crippen LogP contribution in [0.25, 0.3) is 0 Å². The molecular weight excluding hydrogens is 212 g/mol. The highest BCUT2D eigenvalue weighted by atomic mass is 32.2. The molecular formula is C11H18O3S. The Morgan fingerprint density at radius 1 is 1.40 bits per heavy atom. The summed E-state index contributed by atoms with van der Waals surface area (Å²) in [5.41, 5.74) is -0.0970. The predicted octanol–water partition coefficient (Wildman–Crippen LogP) is 1.79. The normalized spacial score (nSPS) is 24.8. The molecule has 3 nitrogen and oxygen atoms in total. The summed E-state index contributed by atoms with van der Waals surface area (Å²) in [4.78, 5) is 10.6. The van der Waals surface area contributed by atoms with Crippen molar-refractivity contribution in [3.8, 4) is 0 Å². The maximum Gasteiger partial charge on any atom is 0.303 e. The lowest BCUT2D eigenvalue weighted by Crippen LogP contribution is -2.18. The van der Waals surface area contributed by atoms with Crippen molar-refractivity contribution in [2.24, 2.45) is 11.3 Å². The van der Waals surface area contributed by atoms with Crippen molar-refractivity contribution in [1.29, 1.82) is 0 Å². The van der Waals surface area contributed by atoms with Crippen molar-refractivity contribution in [2.45, 2.75) is 38.5 Å². The Morgan fingerprint density at radius 3 is 2.53 bits per heavy atom. The van der Waals surface area contributed by atoms with E-state index < -0.39 is 16.8 Å². The van der Waals surface area contributed by atoms with Gasteiger partial charge in [0.15, 0.2) is 0 Å². The minimum absolute atomic E-state index is 0.0970. The van der Waals surface area contributed by atoms with Crippen molar-refractivity contribution in [1.82, 2.24) is 0 Å². The molecule has 1 unspecified atom stereocenters. The molecule has 2 aliphatic rings. The zero-order valence-electron chi connectivity index (χ0n) is 8.91. The van der Waals surface area contributed by atoms with Gasteiger partial charge in [-0.05, 0) is 30.6 Å². The van der Waals surface area contributed by atoms with Crippen LogP contribution >= 0.6 is 0 Å². The Hall–Kier alpha value is -0.380. The van der Waals surface area contributed by atoms with E-state index in [1.54, 1.807) is 0 Å². The Labute approximate surface area is 92.7 Å². The first-order chi connectivity index (χ1) is 7.10. The summed E-state index contributed by atoms with van der Waals surface area (Å²) in [7, 11) is -0.787. The van der Waals surface area contributed by atoms with E-state index >= 15 is 0 Å². The topological polar surface area (TPSA) is 54.4 Å². The summed E-state index contributed by atoms with van der Waals surface area (Å²) >= 11 is 0. The quantitative estimate of drug-likeness (QED) is 0.725. The van der Waals surface area contributed by atoms with E-state index in [1.807, 2.05) is 0 Å². The lowest BCUT2D eigenvalue weighted by molar-refractivity contribution is -0.138. The molecule has 0 aliphatic heterocycles. The Balaban J connectivity index is 1.70. The molecule has 0 aromatic carbocycles. The van der Waals surface area contributed by atoms with Crippen LogP contribution in [-0.2, 0) is 15.6 Å². The molecule has 0 spiro atoms. The number of hydrogen-bond acceptors (Lipinski definition) is 2. The van der Waals surface area contributed by atoms with E-state index in [-0.39, 0.29) is 11.8 Å². The van der Waals surface area contributed by atoms with Crippen LogP contribution < -0.4 is 0 Å². The molecule has 2 saturated carbocycles. The third-order valence-electron chi connectivity index (χ3n) is 3.40. The molecule has 0 saturated heterocycles. The second-order valence-corrected chi connectivity index (χ2v) is 6.67. The van der Waals surface area contributed by atoms with Crippen molar-refractivity contribution in [2.75, 3.05) is 11.5 Å². The van der Waals surface area contributed by atoms with Gasteiger partial charge in [-0.3, -0.25) is 9.00 Å². The van der Waals surface area contributed by atoms with Crippen LogP contribution in [0.1, 0.15) is 38.5 Å². The molecule has 2 aliphatic carbocycles. The van der Waals surface area contributed by atoms with Crippen LogP contribution in [-0.4, -0.2) is 26.8 Å². The highest BCUT2D eigenvalue weighted by molar-refractivity contribution is 7.85. The third kappa shape index (κ3) is 3.59. The van der Waals surface area contributed by atoms with Gasteiger partial charge in [0, 0.05) is 22.3 Å². The van der Waals surface area contributed by atoms with Gasteiger partial charge in [0.1, 0.15) is 0 Å². The molecule has 15 heavy (non-hydrogen) atoms. The van der Waals surface area contributed by atoms with Gasteiger partial charge in [0.2, 0.25) is 0 Å². The number of carboxylic acids is 1. The number of rotatable bonds is 7. The smallest absolute Gasteiger partial charge is 0.303 e. The standard InChI is InChI=1S/C11H18O3S/c12-10(13)7-11(4-5-11)8-15(14)6-3-9-1-2-9/h9H,1-8H2,(H,12,13). The van der Waals surface area contributed by atoms with Gasteiger partial charge < -0.3 is 5.11 Å². The van der Waals surface area contributed by atoms with Crippen molar-refractivity contribution in [3.63, 3.8) is 0 Å². The lowest BCUT2D eigenvalue weighted by atomic mass is 10.1. The fraction of sp³-hybridized carbons (Fsp3) is 0.909. The molecule has 1 N–H and O–H groups in total. The van der Waals surface area contributed by atoms with Gasteiger partial charge in [0.25, 0.3) is 0 Å². The van der Waals surface area contributed by atoms with Crippen LogP contribution in [0.5, 0.6) is 0 Å². The van der Waals surface area contributed by atoms with E-state index in [0.717, 1.165) is 30.9 Å². The maximum absolute atomic E-state index is 11.7. The van der Waals surface area contributed by atoms with E-state index in [2.05, 4.69) is 0 Å². The van der Waals surface area contributed by atoms with Crippen molar-refractivity contribution < 1.29 is 14.1 Å². The second kappa shape index (κ2) is 4.24. The molecule has 0 aromatic rings. The van der Waals surface area contributed by atoms with Crippen molar-refractivity contribution >= 4 is 16.8 Å². The Morgan fingerprint density at radius 2 is 2.07 bits per heavy atom. The molecule has 0 amide bonds. The summed E-state index contributed by atoms with van der Waals surface area (Å²) in [5, 5.41) is 8.73. The van der Waals surface area contributed by atoms with Gasteiger partial charge in [-0.1, -0.05) is 12.8 Å². The third-order valence-corrected chi connectivity index (χ3v) is 5.03. The molecule has 0 heterocycles. The lowest BCUT2D eigenvalue weighted by Gasteiger charge is -2.11. The molecule has 1 atom stereocenters. The highest BCUT2D eigenvalue weighted by Gasteiger charge is 2.45. The Bertz CT molecular complexity index is 280. The predicted molar refractivity (Wildman–Crippen MR) is 59.1 cm³/mol. The average Bonchev–Trinajstić information content (AvgIpc) is 2.97. The maximum atomic E-state index is 11.7. The van der Waals surface area contributed by atoms with E-state index in [0.29, 0.717) is 5.75 Å². The first-order valence-electron chi connectivity index (χ1n) is 5.66. The van der Waals surface area contributed by atoms with Crippen LogP contribution in [0.2, 0.25) is 0 Å². The Kier molecular flexibility index (Phi) is 3.14. The van der Waals surface area contributed by atoms with Crippen LogP contribution in [0.4, 0.5) is 0 Å². The molecule has 4 heteroatoms. The number of hydrogen-bond donors (Lipinski definition) is 1. The first-order valence-corrected chi connectivity index (χ1v) is 7.15. The molecule has 2 rings (SSSR count). The summed E-state index contributed by atoms with van der Waals surface area (Å²) in [6.45, 7) is 0. The summed E-state index contributed by atoms with van der Waals surface area (Å²) in [6.07, 6.45) is 5.80. The van der Waals surface area contributed by atoms with E-state index in [9.17, 15) is 9.00 Å². The fourth-order valence-electron chi connectivity index (χ4n) is 1.99. The van der Waals surface area contributed by atoms with Crippen molar-refractivity contribution in [3.05, 3.63) is 0 Å². The van der Waals surface area contributed by atoms with Crippen LogP contribution in [0, 0.1) is 11.3 Å². The molecule has 0 radical (unpaired) electrons. The minimum atomic E-state index is -0.787. The second-order valence-electron chi connectivity index (χ2n) is 5.09. The zero-order chi connectivity index (χ0) is 10.9. The van der Waals surface area contributed by atoms with E-state index in [4.69, 9.17) is 5.11 Å². The SMILES string of the molecule is O=C(O)CC1(CS(=O)CCC2CC2)CC1. The largest absolute Gasteiger partial charge is 0.481 e. The van der Waals surface area contributed by atoms with Gasteiger partial charge in [0.05, 0.1) is 6.42 Å². The van der Waals surface area contributed by atoms with Gasteiger partial charge in [-0.2, -0.15) is 0 Å². The van der Waals surface area contributed by atoms with Gasteiger partial charge in [-0.15, -0.1) is 0 Å². The first kappa shape index (κ1) is 11.1. The zero-order valence-corrected chi connectivity index (χ0v) is 9.72. The summed E-state index contributed by atoms with van der Waals surface area (Å²) in [5.74, 6) is 1.48. The van der Waals surface area contributed by atoms with E-state index in [1.165, 1.54) is 12.8 Å². The average molecular weight is 230 g/mol. The highest BCUT2D eigenvalue weighted by Crippen LogP contribution is 2.49. The number of carbonyl (C=O) groups is 1. The van der Waals surface area contributed by atoms with Gasteiger partial charge in [-0.25, -0.2) is 0 Å². The molecule has 2 fully saturated rings. The van der Waals surface area contributed by atoms with Crippen LogP contribution in [0.3, 0.4) is 0 Å². The number of aliphatic carboxylic acids is 1. The summed E-state index contributed by atoms with van der Waals surface area (Å²) < 4.78 is 11.7.